The molecule has 144 valence electrons. The van der Waals surface area contributed by atoms with Gasteiger partial charge in [-0.15, -0.1) is 0 Å². The maximum atomic E-state index is 12.9. The predicted molar refractivity (Wildman–Crippen MR) is 109 cm³/mol. The molecule has 4 rings (SSSR count). The lowest BCUT2D eigenvalue weighted by Gasteiger charge is -2.32. The lowest BCUT2D eigenvalue weighted by Crippen LogP contribution is -2.38. The topological polar surface area (TPSA) is 99.2 Å². The number of hydrogen-bond donors (Lipinski definition) is 3. The first-order valence-corrected chi connectivity index (χ1v) is 9.71. The van der Waals surface area contributed by atoms with Crippen molar-refractivity contribution in [1.82, 2.24) is 4.90 Å². The molecule has 1 aliphatic carbocycles. The van der Waals surface area contributed by atoms with Crippen LogP contribution in [0.15, 0.2) is 64.2 Å². The van der Waals surface area contributed by atoms with Crippen LogP contribution in [-0.4, -0.2) is 46.8 Å². The van der Waals surface area contributed by atoms with E-state index in [4.69, 9.17) is 5.73 Å². The second-order valence-corrected chi connectivity index (χ2v) is 7.49. The maximum Gasteiger partial charge on any atom is 0.488 e. The van der Waals surface area contributed by atoms with Gasteiger partial charge in [-0.3, -0.25) is 4.79 Å². The predicted octanol–water partition coefficient (Wildman–Crippen LogP) is 1.46. The average molecular weight is 377 g/mol. The molecule has 1 aromatic carbocycles. The maximum absolute atomic E-state index is 12.9. The molecule has 1 fully saturated rings. The second-order valence-electron chi connectivity index (χ2n) is 7.49. The van der Waals surface area contributed by atoms with Crippen LogP contribution in [0.5, 0.6) is 0 Å². The first-order chi connectivity index (χ1) is 13.5. The Balaban J connectivity index is 1.40. The Morgan fingerprint density at radius 2 is 2.04 bits per heavy atom. The third kappa shape index (κ3) is 3.74. The highest BCUT2D eigenvalue weighted by molar-refractivity contribution is 6.52. The Morgan fingerprint density at radius 1 is 1.25 bits per heavy atom. The number of carbonyl (C=O) groups is 1. The minimum absolute atomic E-state index is 0.0527. The summed E-state index contributed by atoms with van der Waals surface area (Å²) in [5.74, 6) is 0.394. The normalized spacial score (nSPS) is 19.5. The smallest absolute Gasteiger partial charge is 0.423 e. The monoisotopic (exact) mass is 377 g/mol. The van der Waals surface area contributed by atoms with Crippen molar-refractivity contribution in [3.05, 3.63) is 70.4 Å². The number of likely N-dealkylation sites (tertiary alicyclic amines) is 1. The molecule has 0 unspecified atom stereocenters. The Hall–Kier alpha value is -2.48. The van der Waals surface area contributed by atoms with E-state index in [9.17, 15) is 14.8 Å². The molecule has 0 spiro atoms. The van der Waals surface area contributed by atoms with E-state index in [2.05, 4.69) is 23.2 Å². The highest BCUT2D eigenvalue weighted by Gasteiger charge is 2.29. The Labute approximate surface area is 164 Å². The van der Waals surface area contributed by atoms with Crippen molar-refractivity contribution >= 4 is 18.7 Å². The Kier molecular flexibility index (Phi) is 5.30. The summed E-state index contributed by atoms with van der Waals surface area (Å²) in [4.78, 5) is 19.2. The molecule has 0 radical (unpaired) electrons. The summed E-state index contributed by atoms with van der Waals surface area (Å²) in [5.41, 5.74) is 10.7. The highest BCUT2D eigenvalue weighted by Crippen LogP contribution is 2.31. The molecule has 4 N–H and O–H groups in total. The molecular formula is C21H24BN3O3. The third-order valence-corrected chi connectivity index (χ3v) is 5.69. The fourth-order valence-electron chi connectivity index (χ4n) is 4.06. The van der Waals surface area contributed by atoms with Crippen molar-refractivity contribution in [1.29, 1.82) is 0 Å². The van der Waals surface area contributed by atoms with Crippen LogP contribution < -0.4 is 5.73 Å². The number of allylic oxidation sites excluding steroid dienone is 5. The van der Waals surface area contributed by atoms with Crippen LogP contribution in [0.25, 0.3) is 0 Å². The lowest BCUT2D eigenvalue weighted by molar-refractivity contribution is -0.128. The van der Waals surface area contributed by atoms with Gasteiger partial charge in [0.1, 0.15) is 5.70 Å². The SMILES string of the molecule is NCc1cccc(C2CCN(C(=O)C3=CC4=CC(B(O)O)=CCC4=N3)CC2)c1. The number of benzene rings is 1. The number of fused-ring (bicyclic) bond motifs is 1. The number of aliphatic imine (C=N–C) groups is 1. The van der Waals surface area contributed by atoms with Crippen LogP contribution in [-0.2, 0) is 11.3 Å². The van der Waals surface area contributed by atoms with Crippen LogP contribution in [0.1, 0.15) is 36.3 Å². The van der Waals surface area contributed by atoms with E-state index in [1.165, 1.54) is 5.56 Å². The van der Waals surface area contributed by atoms with Gasteiger partial charge in [-0.25, -0.2) is 4.99 Å². The van der Waals surface area contributed by atoms with Crippen LogP contribution in [0.2, 0.25) is 0 Å². The van der Waals surface area contributed by atoms with Gasteiger partial charge in [-0.1, -0.05) is 36.4 Å². The first kappa shape index (κ1) is 18.9. The van der Waals surface area contributed by atoms with Gasteiger partial charge in [0.25, 0.3) is 5.91 Å². The lowest BCUT2D eigenvalue weighted by atomic mass is 9.75. The molecule has 6 nitrogen and oxygen atoms in total. The number of carbonyl (C=O) groups excluding carboxylic acids is 1. The molecule has 1 amide bonds. The number of rotatable bonds is 4. The van der Waals surface area contributed by atoms with Crippen molar-refractivity contribution in [3.8, 4) is 0 Å². The fraction of sp³-hybridized carbons (Fsp3) is 0.333. The van der Waals surface area contributed by atoms with E-state index in [1.54, 1.807) is 18.2 Å². The summed E-state index contributed by atoms with van der Waals surface area (Å²) in [5, 5.41) is 18.7. The molecule has 28 heavy (non-hydrogen) atoms. The summed E-state index contributed by atoms with van der Waals surface area (Å²) >= 11 is 0. The zero-order valence-corrected chi connectivity index (χ0v) is 15.7. The van der Waals surface area contributed by atoms with E-state index in [-0.39, 0.29) is 5.91 Å². The molecule has 0 bridgehead atoms. The van der Waals surface area contributed by atoms with Crippen molar-refractivity contribution in [3.63, 3.8) is 0 Å². The molecule has 7 heteroatoms. The van der Waals surface area contributed by atoms with E-state index in [1.807, 2.05) is 11.0 Å². The quantitative estimate of drug-likeness (QED) is 0.692. The van der Waals surface area contributed by atoms with E-state index in [0.29, 0.717) is 43.1 Å². The summed E-state index contributed by atoms with van der Waals surface area (Å²) in [7, 11) is -1.50. The molecular weight excluding hydrogens is 353 g/mol. The van der Waals surface area contributed by atoms with Gasteiger partial charge in [0.2, 0.25) is 0 Å². The van der Waals surface area contributed by atoms with E-state index >= 15 is 0 Å². The van der Waals surface area contributed by atoms with Gasteiger partial charge >= 0.3 is 7.12 Å². The van der Waals surface area contributed by atoms with Crippen molar-refractivity contribution in [2.75, 3.05) is 13.1 Å². The summed E-state index contributed by atoms with van der Waals surface area (Å²) in [6.45, 7) is 1.95. The first-order valence-electron chi connectivity index (χ1n) is 9.71. The zero-order chi connectivity index (χ0) is 19.7. The van der Waals surface area contributed by atoms with E-state index < -0.39 is 7.12 Å². The van der Waals surface area contributed by atoms with Crippen LogP contribution in [0.3, 0.4) is 0 Å². The number of amides is 1. The van der Waals surface area contributed by atoms with Crippen LogP contribution in [0, 0.1) is 0 Å². The van der Waals surface area contributed by atoms with E-state index in [0.717, 1.165) is 29.7 Å². The Morgan fingerprint density at radius 3 is 2.75 bits per heavy atom. The third-order valence-electron chi connectivity index (χ3n) is 5.69. The highest BCUT2D eigenvalue weighted by atomic mass is 16.4. The van der Waals surface area contributed by atoms with Gasteiger partial charge < -0.3 is 20.7 Å². The van der Waals surface area contributed by atoms with Gasteiger partial charge in [0.05, 0.1) is 5.71 Å². The largest absolute Gasteiger partial charge is 0.488 e. The standard InChI is InChI=1S/C21H24BN3O3/c23-13-14-2-1-3-16(10-14)15-6-8-25(9-7-15)21(26)20-12-17-11-18(22(27)28)4-5-19(17)24-20/h1-4,10-12,15,27-28H,5-9,13,23H2. The molecule has 1 aromatic rings. The second kappa shape index (κ2) is 7.87. The summed E-state index contributed by atoms with van der Waals surface area (Å²) in [6, 6.07) is 8.41. The summed E-state index contributed by atoms with van der Waals surface area (Å²) < 4.78 is 0. The van der Waals surface area contributed by atoms with Gasteiger partial charge in [-0.05, 0) is 47.0 Å². The number of piperidine rings is 1. The molecule has 0 saturated carbocycles. The van der Waals surface area contributed by atoms with Gasteiger partial charge in [0.15, 0.2) is 0 Å². The average Bonchev–Trinajstić information content (AvgIpc) is 3.16. The number of hydrogen-bond acceptors (Lipinski definition) is 5. The molecule has 2 heterocycles. The van der Waals surface area contributed by atoms with Crippen molar-refractivity contribution < 1.29 is 14.8 Å². The summed E-state index contributed by atoms with van der Waals surface area (Å²) in [6.07, 6.45) is 7.53. The molecule has 2 aliphatic heterocycles. The van der Waals surface area contributed by atoms with Crippen LogP contribution >= 0.6 is 0 Å². The fourth-order valence-corrected chi connectivity index (χ4v) is 4.06. The Bertz CT molecular complexity index is 909. The minimum atomic E-state index is -1.50. The van der Waals surface area contributed by atoms with Crippen molar-refractivity contribution in [2.24, 2.45) is 10.7 Å². The zero-order valence-electron chi connectivity index (χ0n) is 15.7. The minimum Gasteiger partial charge on any atom is -0.423 e. The molecule has 0 atom stereocenters. The van der Waals surface area contributed by atoms with Gasteiger partial charge in [0, 0.05) is 26.1 Å². The molecule has 3 aliphatic rings. The number of nitrogens with zero attached hydrogens (tertiary/aromatic N) is 2. The van der Waals surface area contributed by atoms with Gasteiger partial charge in [-0.2, -0.15) is 0 Å². The molecule has 0 aromatic heterocycles. The van der Waals surface area contributed by atoms with Crippen LogP contribution in [0.4, 0.5) is 0 Å². The van der Waals surface area contributed by atoms with Crippen molar-refractivity contribution in [2.45, 2.75) is 31.7 Å². The molecule has 1 saturated heterocycles. The number of nitrogens with two attached hydrogens (primary N) is 1.